The first-order valence-corrected chi connectivity index (χ1v) is 12.2. The number of aromatic nitrogens is 6. The molecular weight excluding hydrogens is 472 g/mol. The van der Waals surface area contributed by atoms with Gasteiger partial charge in [-0.3, -0.25) is 14.7 Å². The summed E-state index contributed by atoms with van der Waals surface area (Å²) in [5, 5.41) is 37.2. The highest BCUT2D eigenvalue weighted by Crippen LogP contribution is 2.34. The fourth-order valence-corrected chi connectivity index (χ4v) is 4.51. The van der Waals surface area contributed by atoms with Crippen LogP contribution in [0.4, 0.5) is 0 Å². The van der Waals surface area contributed by atoms with Crippen molar-refractivity contribution in [2.24, 2.45) is 7.05 Å². The Labute approximate surface area is 214 Å². The molecule has 0 amide bonds. The lowest BCUT2D eigenvalue weighted by Gasteiger charge is -2.22. The minimum absolute atomic E-state index is 0.0656. The molecule has 11 heteroatoms. The van der Waals surface area contributed by atoms with E-state index in [-0.39, 0.29) is 12.7 Å². The number of hydrogen-bond acceptors (Lipinski definition) is 8. The lowest BCUT2D eigenvalue weighted by Crippen LogP contribution is -2.33. The first-order chi connectivity index (χ1) is 17.9. The zero-order valence-corrected chi connectivity index (χ0v) is 21.3. The molecule has 2 N–H and O–H groups in total. The summed E-state index contributed by atoms with van der Waals surface area (Å²) in [7, 11) is 3.72. The van der Waals surface area contributed by atoms with E-state index in [2.05, 4.69) is 26.5 Å². The summed E-state index contributed by atoms with van der Waals surface area (Å²) in [4.78, 5) is 2.00. The zero-order valence-electron chi connectivity index (χ0n) is 21.3. The monoisotopic (exact) mass is 502 g/mol. The standard InChI is InChI=1S/C26H30N8O3/c1-16(2)36-25-19-6-8-23-20-11-17(5-7-22(20)29-30-23)21-13-28-33(4)26(21)37-18(12-27)14-32(3)15-24(19)34(31-25)9-10-35/h5-8,11,13,16,18,35H,9-10,14-15H2,1-4H3,(H,29,30)/b8-6-/t18-/m0/s1. The predicted molar refractivity (Wildman–Crippen MR) is 139 cm³/mol. The maximum Gasteiger partial charge on any atom is 0.240 e. The molecular formula is C26H30N8O3. The van der Waals surface area contributed by atoms with Crippen LogP contribution in [0, 0.1) is 11.3 Å². The molecule has 37 heavy (non-hydrogen) atoms. The molecule has 1 aliphatic rings. The van der Waals surface area contributed by atoms with Gasteiger partial charge in [0.05, 0.1) is 53.5 Å². The van der Waals surface area contributed by atoms with Crippen LogP contribution in [0.1, 0.15) is 30.8 Å². The van der Waals surface area contributed by atoms with Crippen LogP contribution in [-0.4, -0.2) is 72.2 Å². The summed E-state index contributed by atoms with van der Waals surface area (Å²) in [6.45, 7) is 4.95. The number of aliphatic hydroxyl groups is 1. The summed E-state index contributed by atoms with van der Waals surface area (Å²) in [5.74, 6) is 1.01. The zero-order chi connectivity index (χ0) is 26.1. The summed E-state index contributed by atoms with van der Waals surface area (Å²) in [5.41, 5.74) is 5.03. The summed E-state index contributed by atoms with van der Waals surface area (Å²) in [6, 6.07) is 8.23. The van der Waals surface area contributed by atoms with Crippen LogP contribution >= 0.6 is 0 Å². The predicted octanol–water partition coefficient (Wildman–Crippen LogP) is 2.83. The molecule has 0 saturated carbocycles. The van der Waals surface area contributed by atoms with Gasteiger partial charge in [-0.25, -0.2) is 4.68 Å². The molecule has 192 valence electrons. The minimum Gasteiger partial charge on any atom is -0.473 e. The largest absolute Gasteiger partial charge is 0.473 e. The quantitative estimate of drug-likeness (QED) is 0.436. The molecule has 4 aromatic rings. The molecule has 4 heterocycles. The molecule has 0 fully saturated rings. The van der Waals surface area contributed by atoms with Crippen LogP contribution in [0.5, 0.6) is 11.8 Å². The average molecular weight is 503 g/mol. The van der Waals surface area contributed by atoms with E-state index in [1.165, 1.54) is 0 Å². The number of rotatable bonds is 4. The molecule has 1 aromatic carbocycles. The Bertz CT molecular complexity index is 1490. The van der Waals surface area contributed by atoms with Crippen molar-refractivity contribution in [2.45, 2.75) is 39.1 Å². The third-order valence-corrected chi connectivity index (χ3v) is 6.21. The molecule has 1 atom stereocenters. The Morgan fingerprint density at radius 3 is 2.89 bits per heavy atom. The van der Waals surface area contributed by atoms with Gasteiger partial charge in [-0.05, 0) is 50.7 Å². The first-order valence-electron chi connectivity index (χ1n) is 12.2. The molecule has 0 unspecified atom stereocenters. The topological polar surface area (TPSA) is 130 Å². The Morgan fingerprint density at radius 1 is 1.30 bits per heavy atom. The van der Waals surface area contributed by atoms with Crippen molar-refractivity contribution in [1.29, 1.82) is 5.26 Å². The van der Waals surface area contributed by atoms with Gasteiger partial charge in [0.25, 0.3) is 0 Å². The van der Waals surface area contributed by atoms with Crippen LogP contribution in [-0.2, 0) is 20.1 Å². The maximum absolute atomic E-state index is 9.93. The fraction of sp³-hybridized carbons (Fsp3) is 0.385. The minimum atomic E-state index is -0.739. The van der Waals surface area contributed by atoms with Gasteiger partial charge in [0.2, 0.25) is 11.8 Å². The second-order valence-corrected chi connectivity index (χ2v) is 9.40. The number of nitriles is 1. The summed E-state index contributed by atoms with van der Waals surface area (Å²) in [6.07, 6.45) is 4.86. The lowest BCUT2D eigenvalue weighted by atomic mass is 10.1. The van der Waals surface area contributed by atoms with Gasteiger partial charge in [0.15, 0.2) is 6.10 Å². The number of nitrogens with one attached hydrogen (secondary N) is 1. The summed E-state index contributed by atoms with van der Waals surface area (Å²) >= 11 is 0. The van der Waals surface area contributed by atoms with Crippen molar-refractivity contribution >= 4 is 23.1 Å². The van der Waals surface area contributed by atoms with Crippen molar-refractivity contribution in [3.8, 4) is 29.0 Å². The van der Waals surface area contributed by atoms with E-state index in [0.717, 1.165) is 39.0 Å². The number of benzene rings is 1. The molecule has 0 saturated heterocycles. The number of nitrogens with zero attached hydrogens (tertiary/aromatic N) is 7. The smallest absolute Gasteiger partial charge is 0.240 e. The number of H-pyrrole nitrogens is 1. The highest BCUT2D eigenvalue weighted by molar-refractivity contribution is 5.93. The van der Waals surface area contributed by atoms with E-state index in [0.29, 0.717) is 31.4 Å². The number of ether oxygens (including phenoxy) is 2. The lowest BCUT2D eigenvalue weighted by molar-refractivity contribution is 0.171. The van der Waals surface area contributed by atoms with E-state index in [1.807, 2.05) is 56.1 Å². The number of aliphatic hydroxyl groups excluding tert-OH is 1. The van der Waals surface area contributed by atoms with Crippen molar-refractivity contribution in [2.75, 3.05) is 20.2 Å². The Morgan fingerprint density at radius 2 is 2.14 bits per heavy atom. The third-order valence-electron chi connectivity index (χ3n) is 6.21. The third kappa shape index (κ3) is 4.81. The van der Waals surface area contributed by atoms with E-state index in [4.69, 9.17) is 9.47 Å². The number of likely N-dealkylation sites (N-methyl/N-ethyl adjacent to an activating group) is 1. The molecule has 11 nitrogen and oxygen atoms in total. The number of aromatic amines is 1. The highest BCUT2D eigenvalue weighted by atomic mass is 16.5. The van der Waals surface area contributed by atoms with Crippen LogP contribution < -0.4 is 9.47 Å². The fourth-order valence-electron chi connectivity index (χ4n) is 4.51. The molecule has 2 bridgehead atoms. The van der Waals surface area contributed by atoms with E-state index in [9.17, 15) is 10.4 Å². The molecule has 1 aliphatic heterocycles. The maximum atomic E-state index is 9.93. The Hall–Kier alpha value is -4.14. The van der Waals surface area contributed by atoms with Gasteiger partial charge in [-0.1, -0.05) is 6.07 Å². The van der Waals surface area contributed by atoms with Crippen molar-refractivity contribution in [3.05, 3.63) is 41.3 Å². The van der Waals surface area contributed by atoms with Crippen LogP contribution in [0.15, 0.2) is 24.4 Å². The molecule has 0 radical (unpaired) electrons. The summed E-state index contributed by atoms with van der Waals surface area (Å²) < 4.78 is 15.7. The Balaban J connectivity index is 1.70. The first kappa shape index (κ1) is 24.5. The number of fused-ring (bicyclic) bond motifs is 4. The molecule has 0 spiro atoms. The van der Waals surface area contributed by atoms with Crippen molar-refractivity contribution < 1.29 is 14.6 Å². The molecule has 5 rings (SSSR count). The van der Waals surface area contributed by atoms with Crippen LogP contribution in [0.25, 0.3) is 34.2 Å². The van der Waals surface area contributed by atoms with Crippen LogP contribution in [0.2, 0.25) is 0 Å². The van der Waals surface area contributed by atoms with Gasteiger partial charge >= 0.3 is 0 Å². The van der Waals surface area contributed by atoms with Crippen molar-refractivity contribution in [3.63, 3.8) is 0 Å². The highest BCUT2D eigenvalue weighted by Gasteiger charge is 2.24. The van der Waals surface area contributed by atoms with Gasteiger partial charge in [0, 0.05) is 25.5 Å². The van der Waals surface area contributed by atoms with E-state index < -0.39 is 6.10 Å². The number of hydrogen-bond donors (Lipinski definition) is 2. The molecule has 3 aromatic heterocycles. The van der Waals surface area contributed by atoms with E-state index >= 15 is 0 Å². The average Bonchev–Trinajstić information content (AvgIpc) is 3.52. The van der Waals surface area contributed by atoms with Crippen molar-refractivity contribution in [1.82, 2.24) is 34.7 Å². The van der Waals surface area contributed by atoms with Gasteiger partial charge in [-0.2, -0.15) is 15.5 Å². The number of aryl methyl sites for hydroxylation is 1. The molecule has 0 aliphatic carbocycles. The second kappa shape index (κ2) is 10.1. The van der Waals surface area contributed by atoms with Gasteiger partial charge in [-0.15, -0.1) is 5.10 Å². The van der Waals surface area contributed by atoms with Gasteiger partial charge < -0.3 is 14.6 Å². The Kier molecular flexibility index (Phi) is 6.69. The van der Waals surface area contributed by atoms with Crippen LogP contribution in [0.3, 0.4) is 0 Å². The van der Waals surface area contributed by atoms with E-state index in [1.54, 1.807) is 22.6 Å². The normalized spacial score (nSPS) is 17.1. The van der Waals surface area contributed by atoms with Gasteiger partial charge in [0.1, 0.15) is 6.07 Å². The second-order valence-electron chi connectivity index (χ2n) is 9.40. The SMILES string of the molecule is CC(C)Oc1nn(CCO)c2c1/C=C\c1[nH]nc3ccc(cc13)-c1cnn(C)c1O[C@@H](C#N)CN(C)C2.